The molecule has 0 spiro atoms. The van der Waals surface area contributed by atoms with Crippen LogP contribution in [0.15, 0.2) is 16.8 Å². The monoisotopic (exact) mass is 264 g/mol. The van der Waals surface area contributed by atoms with E-state index in [2.05, 4.69) is 34.0 Å². The molecule has 3 atom stereocenters. The Morgan fingerprint density at radius 1 is 1.39 bits per heavy atom. The van der Waals surface area contributed by atoms with Gasteiger partial charge >= 0.3 is 0 Å². The third-order valence-electron chi connectivity index (χ3n) is 4.48. The highest BCUT2D eigenvalue weighted by Gasteiger charge is 2.35. The number of fused-ring (bicyclic) bond motifs is 1. The fraction of sp³-hybridized carbons (Fsp3) is 0.733. The van der Waals surface area contributed by atoms with Crippen LogP contribution >= 0.6 is 11.3 Å². The van der Waals surface area contributed by atoms with Gasteiger partial charge in [-0.05, 0) is 61.5 Å². The normalized spacial score (nSPS) is 30.3. The maximum absolute atomic E-state index is 3.88. The Hall–Kier alpha value is -0.380. The van der Waals surface area contributed by atoms with E-state index in [-0.39, 0.29) is 0 Å². The van der Waals surface area contributed by atoms with Gasteiger partial charge in [-0.3, -0.25) is 4.90 Å². The average molecular weight is 264 g/mol. The molecule has 18 heavy (non-hydrogen) atoms. The summed E-state index contributed by atoms with van der Waals surface area (Å²) in [6.45, 7) is 4.98. The molecule has 2 nitrogen and oxygen atoms in total. The molecule has 3 heteroatoms. The largest absolute Gasteiger partial charge is 0.310 e. The Morgan fingerprint density at radius 3 is 3.17 bits per heavy atom. The van der Waals surface area contributed by atoms with Gasteiger partial charge < -0.3 is 5.32 Å². The predicted octanol–water partition coefficient (Wildman–Crippen LogP) is 2.90. The van der Waals surface area contributed by atoms with Crippen LogP contribution in [0, 0.1) is 0 Å². The number of thiophene rings is 1. The summed E-state index contributed by atoms with van der Waals surface area (Å²) in [5.74, 6) is 0. The van der Waals surface area contributed by atoms with Gasteiger partial charge in [0.15, 0.2) is 0 Å². The summed E-state index contributed by atoms with van der Waals surface area (Å²) in [7, 11) is 0. The average Bonchev–Trinajstić information content (AvgIpc) is 3.00. The van der Waals surface area contributed by atoms with Crippen LogP contribution in [-0.4, -0.2) is 36.1 Å². The molecule has 1 aromatic heterocycles. The second kappa shape index (κ2) is 5.72. The van der Waals surface area contributed by atoms with Crippen molar-refractivity contribution in [1.82, 2.24) is 10.2 Å². The molecule has 3 heterocycles. The minimum atomic E-state index is 0.603. The molecular weight excluding hydrogens is 240 g/mol. The highest BCUT2D eigenvalue weighted by Crippen LogP contribution is 2.27. The Kier molecular flexibility index (Phi) is 4.02. The third-order valence-corrected chi connectivity index (χ3v) is 5.21. The molecule has 3 unspecified atom stereocenters. The van der Waals surface area contributed by atoms with Gasteiger partial charge in [0.05, 0.1) is 0 Å². The van der Waals surface area contributed by atoms with Crippen LogP contribution in [0.25, 0.3) is 0 Å². The van der Waals surface area contributed by atoms with Gasteiger partial charge in [0.25, 0.3) is 0 Å². The molecule has 2 fully saturated rings. The first-order valence-electron chi connectivity index (χ1n) is 7.34. The summed E-state index contributed by atoms with van der Waals surface area (Å²) in [5, 5.41) is 8.34. The number of nitrogens with one attached hydrogen (secondary N) is 1. The van der Waals surface area contributed by atoms with Crippen LogP contribution in [0.5, 0.6) is 0 Å². The van der Waals surface area contributed by atoms with Crippen molar-refractivity contribution >= 4 is 11.3 Å². The summed E-state index contributed by atoms with van der Waals surface area (Å²) < 4.78 is 0. The quantitative estimate of drug-likeness (QED) is 0.899. The van der Waals surface area contributed by atoms with Crippen molar-refractivity contribution in [3.63, 3.8) is 0 Å². The Balaban J connectivity index is 1.53. The molecule has 2 aliphatic rings. The molecule has 100 valence electrons. The zero-order chi connectivity index (χ0) is 12.4. The molecule has 1 aromatic rings. The Labute approximate surface area is 114 Å². The Bertz CT molecular complexity index is 363. The molecule has 1 N–H and O–H groups in total. The van der Waals surface area contributed by atoms with E-state index in [0.29, 0.717) is 6.04 Å². The lowest BCUT2D eigenvalue weighted by molar-refractivity contribution is 0.177. The summed E-state index contributed by atoms with van der Waals surface area (Å²) in [6.07, 6.45) is 6.76. The highest BCUT2D eigenvalue weighted by atomic mass is 32.1. The first kappa shape index (κ1) is 12.6. The zero-order valence-corrected chi connectivity index (χ0v) is 12.1. The van der Waals surface area contributed by atoms with E-state index in [1.165, 1.54) is 50.8 Å². The van der Waals surface area contributed by atoms with E-state index in [1.807, 2.05) is 0 Å². The van der Waals surface area contributed by atoms with Crippen molar-refractivity contribution in [1.29, 1.82) is 0 Å². The minimum absolute atomic E-state index is 0.603. The summed E-state index contributed by atoms with van der Waals surface area (Å²) in [5.41, 5.74) is 1.48. The van der Waals surface area contributed by atoms with Crippen LogP contribution in [0.2, 0.25) is 0 Å². The Morgan fingerprint density at radius 2 is 2.33 bits per heavy atom. The molecule has 0 saturated carbocycles. The van der Waals surface area contributed by atoms with Crippen molar-refractivity contribution in [2.45, 2.75) is 57.2 Å². The van der Waals surface area contributed by atoms with Crippen molar-refractivity contribution in [3.05, 3.63) is 22.4 Å². The maximum atomic E-state index is 3.88. The van der Waals surface area contributed by atoms with Crippen molar-refractivity contribution < 1.29 is 0 Å². The number of hydrogen-bond acceptors (Lipinski definition) is 3. The predicted molar refractivity (Wildman–Crippen MR) is 78.2 cm³/mol. The lowest BCUT2D eigenvalue weighted by atomic mass is 9.98. The van der Waals surface area contributed by atoms with Gasteiger partial charge in [-0.15, -0.1) is 0 Å². The summed E-state index contributed by atoms with van der Waals surface area (Å²) >= 11 is 1.81. The minimum Gasteiger partial charge on any atom is -0.310 e. The lowest BCUT2D eigenvalue weighted by Gasteiger charge is -2.33. The SMILES string of the molecule is CC(Cc1ccsc1)NC1CCN2CCCCC12. The molecule has 2 saturated heterocycles. The van der Waals surface area contributed by atoms with Crippen molar-refractivity contribution in [2.24, 2.45) is 0 Å². The van der Waals surface area contributed by atoms with Gasteiger partial charge in [-0.1, -0.05) is 6.42 Å². The molecule has 0 aliphatic carbocycles. The van der Waals surface area contributed by atoms with Crippen LogP contribution in [-0.2, 0) is 6.42 Å². The number of hydrogen-bond donors (Lipinski definition) is 1. The smallest absolute Gasteiger partial charge is 0.0249 e. The second-order valence-electron chi connectivity index (χ2n) is 5.90. The summed E-state index contributed by atoms with van der Waals surface area (Å²) in [4.78, 5) is 2.71. The highest BCUT2D eigenvalue weighted by molar-refractivity contribution is 7.07. The zero-order valence-electron chi connectivity index (χ0n) is 11.3. The molecule has 0 aromatic carbocycles. The number of nitrogens with zero attached hydrogens (tertiary/aromatic N) is 1. The molecule has 0 radical (unpaired) electrons. The number of rotatable bonds is 4. The summed E-state index contributed by atoms with van der Waals surface area (Å²) in [6, 6.07) is 4.42. The topological polar surface area (TPSA) is 15.3 Å². The molecule has 0 bridgehead atoms. The van der Waals surface area contributed by atoms with Crippen LogP contribution in [0.4, 0.5) is 0 Å². The first-order valence-corrected chi connectivity index (χ1v) is 8.28. The third kappa shape index (κ3) is 2.79. The number of piperidine rings is 1. The van der Waals surface area contributed by atoms with Gasteiger partial charge in [0, 0.05) is 24.7 Å². The fourth-order valence-corrected chi connectivity index (χ4v) is 4.31. The second-order valence-corrected chi connectivity index (χ2v) is 6.68. The lowest BCUT2D eigenvalue weighted by Crippen LogP contribution is -2.47. The van der Waals surface area contributed by atoms with Crippen molar-refractivity contribution in [2.75, 3.05) is 13.1 Å². The van der Waals surface area contributed by atoms with E-state index >= 15 is 0 Å². The van der Waals surface area contributed by atoms with E-state index in [0.717, 1.165) is 12.1 Å². The molecule has 2 aliphatic heterocycles. The molecule has 0 amide bonds. The fourth-order valence-electron chi connectivity index (χ4n) is 3.63. The van der Waals surface area contributed by atoms with E-state index in [4.69, 9.17) is 0 Å². The molecular formula is C15H24N2S. The van der Waals surface area contributed by atoms with E-state index in [1.54, 1.807) is 11.3 Å². The van der Waals surface area contributed by atoms with E-state index in [9.17, 15) is 0 Å². The maximum Gasteiger partial charge on any atom is 0.0249 e. The molecule has 3 rings (SSSR count). The first-order chi connectivity index (χ1) is 8.83. The standard InChI is InChI=1S/C15H24N2S/c1-12(10-13-6-9-18-11-13)16-14-5-8-17-7-3-2-4-15(14)17/h6,9,11-12,14-16H,2-5,7-8,10H2,1H3. The van der Waals surface area contributed by atoms with Gasteiger partial charge in [-0.25, -0.2) is 0 Å². The van der Waals surface area contributed by atoms with Gasteiger partial charge in [-0.2, -0.15) is 11.3 Å². The van der Waals surface area contributed by atoms with Crippen molar-refractivity contribution in [3.8, 4) is 0 Å². The van der Waals surface area contributed by atoms with Crippen LogP contribution in [0.1, 0.15) is 38.2 Å². The van der Waals surface area contributed by atoms with Gasteiger partial charge in [0.2, 0.25) is 0 Å². The van der Waals surface area contributed by atoms with Crippen LogP contribution in [0.3, 0.4) is 0 Å². The van der Waals surface area contributed by atoms with Crippen LogP contribution < -0.4 is 5.32 Å². The van der Waals surface area contributed by atoms with Gasteiger partial charge in [0.1, 0.15) is 0 Å². The van der Waals surface area contributed by atoms with E-state index < -0.39 is 0 Å².